The number of carbonyl (C=O) groups excluding carboxylic acids is 4. The van der Waals surface area contributed by atoms with Crippen LogP contribution in [0.15, 0.2) is 29.8 Å². The quantitative estimate of drug-likeness (QED) is 0.214. The van der Waals surface area contributed by atoms with E-state index in [0.717, 1.165) is 9.80 Å². The van der Waals surface area contributed by atoms with Crippen molar-refractivity contribution in [2.45, 2.75) is 48.3 Å². The number of carboxylic acids is 1. The van der Waals surface area contributed by atoms with Crippen LogP contribution in [0.1, 0.15) is 42.7 Å². The van der Waals surface area contributed by atoms with Gasteiger partial charge in [-0.05, 0) is 37.7 Å². The molecule has 0 bridgehead atoms. The average Bonchev–Trinajstić information content (AvgIpc) is 3.19. The highest BCUT2D eigenvalue weighted by Gasteiger charge is 2.76. The van der Waals surface area contributed by atoms with E-state index in [-0.39, 0.29) is 43.4 Å². The van der Waals surface area contributed by atoms with Crippen molar-refractivity contribution in [3.8, 4) is 5.75 Å². The van der Waals surface area contributed by atoms with Crippen molar-refractivity contribution >= 4 is 68.7 Å². The summed E-state index contributed by atoms with van der Waals surface area (Å²) in [4.78, 5) is 63.2. The maximum Gasteiger partial charge on any atom is 0.303 e. The summed E-state index contributed by atoms with van der Waals surface area (Å²) >= 11 is 17.4. The van der Waals surface area contributed by atoms with Crippen LogP contribution in [0.25, 0.3) is 0 Å². The summed E-state index contributed by atoms with van der Waals surface area (Å²) in [5.74, 6) is -6.65. The van der Waals surface area contributed by atoms with Crippen molar-refractivity contribution in [3.63, 3.8) is 0 Å². The molecule has 1 aromatic carbocycles. The second-order valence-electron chi connectivity index (χ2n) is 10.3. The van der Waals surface area contributed by atoms with Crippen LogP contribution in [0.2, 0.25) is 0 Å². The molecule has 9 nitrogen and oxygen atoms in total. The van der Waals surface area contributed by atoms with Crippen LogP contribution in [0.4, 0.5) is 0 Å². The van der Waals surface area contributed by atoms with Crippen molar-refractivity contribution in [1.82, 2.24) is 9.80 Å². The Kier molecular flexibility index (Phi) is 6.68. The second kappa shape index (κ2) is 9.34. The predicted molar refractivity (Wildman–Crippen MR) is 140 cm³/mol. The van der Waals surface area contributed by atoms with E-state index in [1.165, 1.54) is 0 Å². The van der Waals surface area contributed by atoms with Gasteiger partial charge in [0, 0.05) is 24.4 Å². The van der Waals surface area contributed by atoms with Crippen molar-refractivity contribution in [3.05, 3.63) is 41.0 Å². The van der Waals surface area contributed by atoms with E-state index in [2.05, 4.69) is 15.9 Å². The number of phenolic OH excluding ortho intramolecular Hbond substituents is 1. The standard InChI is InChI=1S/C26H25BrCl2N2O7/c1-12-4-2-5-15(20(12)34)19-13-7-8-14-18(22(36)30(21(14)35)9-3-6-17(32)33)16(13)10-25(28)23(37)31(11-27)24(38)26(19,25)29/h2,4-5,7,14,16,18-19,34H,3,6,8-11H2,1H3,(H,32,33). The van der Waals surface area contributed by atoms with Gasteiger partial charge in [-0.25, -0.2) is 0 Å². The highest BCUT2D eigenvalue weighted by atomic mass is 79.9. The predicted octanol–water partition coefficient (Wildman–Crippen LogP) is 3.28. The van der Waals surface area contributed by atoms with E-state index >= 15 is 0 Å². The van der Waals surface area contributed by atoms with Crippen LogP contribution in [-0.4, -0.2) is 71.4 Å². The fourth-order valence-electron chi connectivity index (χ4n) is 6.69. The van der Waals surface area contributed by atoms with E-state index in [4.69, 9.17) is 28.3 Å². The molecule has 2 aliphatic heterocycles. The number of aliphatic carboxylic acids is 1. The monoisotopic (exact) mass is 626 g/mol. The normalized spacial score (nSPS) is 34.3. The molecule has 0 spiro atoms. The summed E-state index contributed by atoms with van der Waals surface area (Å²) in [6, 6.07) is 5.02. The number of aromatic hydroxyl groups is 1. The van der Waals surface area contributed by atoms with Crippen molar-refractivity contribution in [2.24, 2.45) is 17.8 Å². The second-order valence-corrected chi connectivity index (χ2v) is 12.1. The lowest BCUT2D eigenvalue weighted by molar-refractivity contribution is -0.142. The largest absolute Gasteiger partial charge is 0.507 e. The first-order chi connectivity index (χ1) is 17.9. The van der Waals surface area contributed by atoms with E-state index in [1.807, 2.05) is 0 Å². The van der Waals surface area contributed by atoms with Crippen LogP contribution in [-0.2, 0) is 24.0 Å². The molecule has 12 heteroatoms. The van der Waals surface area contributed by atoms with Gasteiger partial charge < -0.3 is 10.2 Å². The number of nitrogens with zero attached hydrogens (tertiary/aromatic N) is 2. The number of imide groups is 2. The molecule has 1 aromatic rings. The van der Waals surface area contributed by atoms with E-state index in [0.29, 0.717) is 16.7 Å². The molecular weight excluding hydrogens is 603 g/mol. The number of likely N-dealkylation sites (tertiary alicyclic amines) is 2. The molecule has 38 heavy (non-hydrogen) atoms. The number of para-hydroxylation sites is 1. The Morgan fingerprint density at radius 3 is 2.47 bits per heavy atom. The van der Waals surface area contributed by atoms with Gasteiger partial charge in [-0.15, -0.1) is 23.2 Å². The fourth-order valence-corrected chi connectivity index (χ4v) is 8.10. The third kappa shape index (κ3) is 3.52. The van der Waals surface area contributed by atoms with Crippen molar-refractivity contribution in [1.29, 1.82) is 0 Å². The molecule has 6 unspecified atom stereocenters. The maximum absolute atomic E-state index is 13.7. The van der Waals surface area contributed by atoms with Gasteiger partial charge in [-0.3, -0.25) is 33.8 Å². The third-order valence-electron chi connectivity index (χ3n) is 8.46. The SMILES string of the molecule is Cc1cccc(C2C3=CCC4C(=O)N(CCCC(=O)O)C(=O)C4C3CC3(Cl)C(=O)N(CBr)C(=O)C23Cl)c1O. The molecule has 3 fully saturated rings. The first-order valence-corrected chi connectivity index (χ1v) is 14.1. The van der Waals surface area contributed by atoms with Gasteiger partial charge in [0.05, 0.1) is 17.3 Å². The van der Waals surface area contributed by atoms with Crippen LogP contribution >= 0.6 is 39.1 Å². The van der Waals surface area contributed by atoms with Crippen molar-refractivity contribution < 1.29 is 34.2 Å². The zero-order valence-electron chi connectivity index (χ0n) is 20.3. The maximum atomic E-state index is 13.7. The molecule has 2 heterocycles. The third-order valence-corrected chi connectivity index (χ3v) is 10.4. The lowest BCUT2D eigenvalue weighted by Crippen LogP contribution is -2.60. The number of rotatable bonds is 6. The molecule has 202 valence electrons. The highest BCUT2D eigenvalue weighted by molar-refractivity contribution is 9.09. The summed E-state index contributed by atoms with van der Waals surface area (Å²) in [6.07, 6.45) is 1.77. The lowest BCUT2D eigenvalue weighted by Gasteiger charge is -2.50. The van der Waals surface area contributed by atoms with Gasteiger partial charge in [0.25, 0.3) is 11.8 Å². The molecule has 1 saturated carbocycles. The Morgan fingerprint density at radius 1 is 1.11 bits per heavy atom. The first kappa shape index (κ1) is 27.1. The minimum atomic E-state index is -1.98. The number of phenols is 1. The van der Waals surface area contributed by atoms with Gasteiger partial charge in [0.2, 0.25) is 11.8 Å². The Labute approximate surface area is 236 Å². The fraction of sp³-hybridized carbons (Fsp3) is 0.500. The minimum Gasteiger partial charge on any atom is -0.507 e. The molecule has 2 saturated heterocycles. The van der Waals surface area contributed by atoms with E-state index < -0.39 is 63.0 Å². The Hall–Kier alpha value is -2.43. The molecule has 5 rings (SSSR count). The van der Waals surface area contributed by atoms with Crippen LogP contribution in [0.3, 0.4) is 0 Å². The molecular formula is C26H25BrCl2N2O7. The van der Waals surface area contributed by atoms with E-state index in [9.17, 15) is 29.1 Å². The molecule has 6 atom stereocenters. The zero-order chi connectivity index (χ0) is 27.7. The Morgan fingerprint density at radius 2 is 1.82 bits per heavy atom. The number of carbonyl (C=O) groups is 5. The summed E-state index contributed by atoms with van der Waals surface area (Å²) in [6.45, 7) is 1.67. The number of benzene rings is 1. The molecule has 0 aromatic heterocycles. The topological polar surface area (TPSA) is 132 Å². The highest BCUT2D eigenvalue weighted by Crippen LogP contribution is 2.66. The van der Waals surface area contributed by atoms with Gasteiger partial charge in [0.1, 0.15) is 5.75 Å². The van der Waals surface area contributed by atoms with Gasteiger partial charge in [-0.1, -0.05) is 45.8 Å². The summed E-state index contributed by atoms with van der Waals surface area (Å²) < 4.78 is 0. The molecule has 2 aliphatic carbocycles. The van der Waals surface area contributed by atoms with Gasteiger partial charge >= 0.3 is 5.97 Å². The molecule has 0 radical (unpaired) electrons. The number of alkyl halides is 3. The Balaban J connectivity index is 1.64. The number of hydrogen-bond acceptors (Lipinski definition) is 6. The van der Waals surface area contributed by atoms with Gasteiger partial charge in [-0.2, -0.15) is 0 Å². The smallest absolute Gasteiger partial charge is 0.303 e. The van der Waals surface area contributed by atoms with Gasteiger partial charge in [0.15, 0.2) is 9.75 Å². The number of allylic oxidation sites excluding steroid dienone is 2. The number of aryl methyl sites for hydroxylation is 1. The summed E-state index contributed by atoms with van der Waals surface area (Å²) in [5.41, 5.74) is 1.30. The average molecular weight is 628 g/mol. The van der Waals surface area contributed by atoms with Crippen LogP contribution in [0, 0.1) is 24.7 Å². The number of fused-ring (bicyclic) bond motifs is 4. The number of amides is 4. The summed E-state index contributed by atoms with van der Waals surface area (Å²) in [5, 5.41) is 20.0. The molecule has 2 N–H and O–H groups in total. The number of carboxylic acid groups (broad SMARTS) is 1. The minimum absolute atomic E-state index is 0.0264. The van der Waals surface area contributed by atoms with Crippen LogP contribution in [0.5, 0.6) is 5.75 Å². The first-order valence-electron chi connectivity index (χ1n) is 12.3. The molecule has 4 aliphatic rings. The van der Waals surface area contributed by atoms with Crippen LogP contribution < -0.4 is 0 Å². The Bertz CT molecular complexity index is 1320. The molecule has 4 amide bonds. The summed E-state index contributed by atoms with van der Waals surface area (Å²) in [7, 11) is 0. The van der Waals surface area contributed by atoms with E-state index in [1.54, 1.807) is 31.2 Å². The zero-order valence-corrected chi connectivity index (χ0v) is 23.4. The number of halogens is 3. The van der Waals surface area contributed by atoms with Crippen molar-refractivity contribution in [2.75, 3.05) is 12.0 Å². The lowest BCUT2D eigenvalue weighted by atomic mass is 9.56. The number of hydrogen-bond donors (Lipinski definition) is 2.